The molecular formula is C15H17F2NO. The Bertz CT molecular complexity index is 531. The third-order valence-corrected chi connectivity index (χ3v) is 2.97. The molecule has 2 aromatic rings. The van der Waals surface area contributed by atoms with E-state index in [1.165, 1.54) is 12.1 Å². The molecule has 1 N–H and O–H groups in total. The van der Waals surface area contributed by atoms with E-state index in [9.17, 15) is 8.78 Å². The minimum absolute atomic E-state index is 0.0105. The molecule has 0 fully saturated rings. The van der Waals surface area contributed by atoms with Crippen molar-refractivity contribution in [3.63, 3.8) is 0 Å². The molecule has 0 aliphatic rings. The summed E-state index contributed by atoms with van der Waals surface area (Å²) in [6, 6.07) is 5.53. The Hall–Kier alpha value is -1.68. The molecule has 0 radical (unpaired) electrons. The molecule has 0 bridgehead atoms. The number of benzene rings is 1. The fourth-order valence-electron chi connectivity index (χ4n) is 2.17. The number of rotatable bonds is 5. The van der Waals surface area contributed by atoms with Gasteiger partial charge in [-0.2, -0.15) is 0 Å². The number of nitrogens with one attached hydrogen (secondary N) is 1. The van der Waals surface area contributed by atoms with E-state index < -0.39 is 11.6 Å². The molecule has 2 rings (SSSR count). The van der Waals surface area contributed by atoms with Gasteiger partial charge >= 0.3 is 0 Å². The van der Waals surface area contributed by atoms with Gasteiger partial charge in [-0.15, -0.1) is 0 Å². The Balaban J connectivity index is 2.20. The second-order valence-corrected chi connectivity index (χ2v) is 4.58. The molecule has 0 saturated heterocycles. The average Bonchev–Trinajstić information content (AvgIpc) is 2.74. The van der Waals surface area contributed by atoms with Crippen LogP contribution in [0.2, 0.25) is 0 Å². The van der Waals surface area contributed by atoms with Gasteiger partial charge in [-0.25, -0.2) is 8.78 Å². The van der Waals surface area contributed by atoms with E-state index >= 15 is 0 Å². The number of aryl methyl sites for hydroxylation is 1. The zero-order valence-electron chi connectivity index (χ0n) is 11.0. The van der Waals surface area contributed by atoms with Crippen molar-refractivity contribution in [3.8, 4) is 0 Å². The number of likely N-dealkylation sites (N-methyl/N-ethyl adjacent to an activating group) is 1. The smallest absolute Gasteiger partial charge is 0.126 e. The van der Waals surface area contributed by atoms with E-state index in [0.717, 1.165) is 23.9 Å². The van der Waals surface area contributed by atoms with Crippen LogP contribution in [0, 0.1) is 18.6 Å². The maximum atomic E-state index is 13.2. The minimum Gasteiger partial charge on any atom is -0.469 e. The van der Waals surface area contributed by atoms with Gasteiger partial charge in [0.15, 0.2) is 0 Å². The summed E-state index contributed by atoms with van der Waals surface area (Å²) in [5.74, 6) is -0.273. The first-order valence-corrected chi connectivity index (χ1v) is 6.32. The number of hydrogen-bond acceptors (Lipinski definition) is 2. The monoisotopic (exact) mass is 265 g/mol. The largest absolute Gasteiger partial charge is 0.469 e. The summed E-state index contributed by atoms with van der Waals surface area (Å²) in [6.07, 6.45) is 2.19. The third-order valence-electron chi connectivity index (χ3n) is 2.97. The first kappa shape index (κ1) is 13.7. The third kappa shape index (κ3) is 3.64. The summed E-state index contributed by atoms with van der Waals surface area (Å²) < 4.78 is 31.7. The van der Waals surface area contributed by atoms with Gasteiger partial charge in [-0.05, 0) is 43.7 Å². The predicted molar refractivity (Wildman–Crippen MR) is 69.9 cm³/mol. The topological polar surface area (TPSA) is 25.2 Å². The highest BCUT2D eigenvalue weighted by Gasteiger charge is 2.14. The molecule has 0 aliphatic heterocycles. The van der Waals surface area contributed by atoms with Crippen LogP contribution in [0.25, 0.3) is 0 Å². The SMILES string of the molecule is CCNC(Cc1cc(F)cc(F)c1)c1coc(C)c1. The van der Waals surface area contributed by atoms with Crippen molar-refractivity contribution in [2.24, 2.45) is 0 Å². The molecule has 4 heteroatoms. The molecule has 0 spiro atoms. The zero-order chi connectivity index (χ0) is 13.8. The summed E-state index contributed by atoms with van der Waals surface area (Å²) >= 11 is 0. The van der Waals surface area contributed by atoms with Crippen molar-refractivity contribution >= 4 is 0 Å². The van der Waals surface area contributed by atoms with Crippen LogP contribution in [0.15, 0.2) is 34.9 Å². The summed E-state index contributed by atoms with van der Waals surface area (Å²) in [5.41, 5.74) is 1.62. The Morgan fingerprint density at radius 1 is 1.16 bits per heavy atom. The van der Waals surface area contributed by atoms with E-state index in [-0.39, 0.29) is 6.04 Å². The van der Waals surface area contributed by atoms with Crippen LogP contribution in [0.3, 0.4) is 0 Å². The predicted octanol–water partition coefficient (Wildman–Crippen LogP) is 3.76. The molecule has 102 valence electrons. The van der Waals surface area contributed by atoms with Gasteiger partial charge in [-0.1, -0.05) is 6.92 Å². The quantitative estimate of drug-likeness (QED) is 0.890. The lowest BCUT2D eigenvalue weighted by Crippen LogP contribution is -2.22. The average molecular weight is 265 g/mol. The van der Waals surface area contributed by atoms with Gasteiger partial charge in [0.2, 0.25) is 0 Å². The van der Waals surface area contributed by atoms with Crippen LogP contribution in [0.4, 0.5) is 8.78 Å². The number of halogens is 2. The first-order valence-electron chi connectivity index (χ1n) is 6.32. The van der Waals surface area contributed by atoms with E-state index in [1.54, 1.807) is 6.26 Å². The highest BCUT2D eigenvalue weighted by Crippen LogP contribution is 2.21. The molecule has 2 nitrogen and oxygen atoms in total. The highest BCUT2D eigenvalue weighted by atomic mass is 19.1. The lowest BCUT2D eigenvalue weighted by molar-refractivity contribution is 0.509. The fraction of sp³-hybridized carbons (Fsp3) is 0.333. The molecule has 0 amide bonds. The molecule has 19 heavy (non-hydrogen) atoms. The second-order valence-electron chi connectivity index (χ2n) is 4.58. The van der Waals surface area contributed by atoms with Crippen molar-refractivity contribution in [2.75, 3.05) is 6.54 Å². The molecule has 1 atom stereocenters. The lowest BCUT2D eigenvalue weighted by atomic mass is 10.0. The van der Waals surface area contributed by atoms with Crippen molar-refractivity contribution in [3.05, 3.63) is 59.1 Å². The van der Waals surface area contributed by atoms with Crippen molar-refractivity contribution < 1.29 is 13.2 Å². The van der Waals surface area contributed by atoms with Crippen molar-refractivity contribution in [1.29, 1.82) is 0 Å². The zero-order valence-corrected chi connectivity index (χ0v) is 11.0. The molecule has 1 aromatic heterocycles. The van der Waals surface area contributed by atoms with Gasteiger partial charge in [0.1, 0.15) is 17.4 Å². The number of hydrogen-bond donors (Lipinski definition) is 1. The summed E-state index contributed by atoms with van der Waals surface area (Å²) in [5, 5.41) is 3.29. The van der Waals surface area contributed by atoms with Gasteiger partial charge in [-0.3, -0.25) is 0 Å². The second kappa shape index (κ2) is 5.97. The van der Waals surface area contributed by atoms with E-state index in [1.807, 2.05) is 19.9 Å². The van der Waals surface area contributed by atoms with Crippen LogP contribution in [0.1, 0.15) is 29.9 Å². The van der Waals surface area contributed by atoms with Crippen LogP contribution in [0.5, 0.6) is 0 Å². The van der Waals surface area contributed by atoms with Gasteiger partial charge in [0.25, 0.3) is 0 Å². The maximum Gasteiger partial charge on any atom is 0.126 e. The summed E-state index contributed by atoms with van der Waals surface area (Å²) in [4.78, 5) is 0. The summed E-state index contributed by atoms with van der Waals surface area (Å²) in [7, 11) is 0. The Morgan fingerprint density at radius 2 is 1.84 bits per heavy atom. The summed E-state index contributed by atoms with van der Waals surface area (Å²) in [6.45, 7) is 4.63. The molecule has 0 aliphatic carbocycles. The van der Waals surface area contributed by atoms with Crippen LogP contribution < -0.4 is 5.32 Å². The van der Waals surface area contributed by atoms with Gasteiger partial charge in [0, 0.05) is 17.7 Å². The maximum absolute atomic E-state index is 13.2. The molecule has 1 unspecified atom stereocenters. The van der Waals surface area contributed by atoms with Crippen molar-refractivity contribution in [2.45, 2.75) is 26.3 Å². The Morgan fingerprint density at radius 3 is 2.37 bits per heavy atom. The number of furan rings is 1. The highest BCUT2D eigenvalue weighted by molar-refractivity contribution is 5.23. The molecule has 1 heterocycles. The van der Waals surface area contributed by atoms with Gasteiger partial charge < -0.3 is 9.73 Å². The van der Waals surface area contributed by atoms with Crippen LogP contribution >= 0.6 is 0 Å². The normalized spacial score (nSPS) is 12.6. The fourth-order valence-corrected chi connectivity index (χ4v) is 2.17. The Kier molecular flexibility index (Phi) is 4.32. The van der Waals surface area contributed by atoms with Crippen molar-refractivity contribution in [1.82, 2.24) is 5.32 Å². The molecule has 0 saturated carbocycles. The molecular weight excluding hydrogens is 248 g/mol. The Labute approximate surface area is 111 Å². The minimum atomic E-state index is -0.548. The van der Waals surface area contributed by atoms with E-state index in [2.05, 4.69) is 5.32 Å². The van der Waals surface area contributed by atoms with Crippen LogP contribution in [-0.2, 0) is 6.42 Å². The van der Waals surface area contributed by atoms with Crippen LogP contribution in [-0.4, -0.2) is 6.54 Å². The van der Waals surface area contributed by atoms with E-state index in [4.69, 9.17) is 4.42 Å². The molecule has 1 aromatic carbocycles. The van der Waals surface area contributed by atoms with Gasteiger partial charge in [0.05, 0.1) is 6.26 Å². The first-order chi connectivity index (χ1) is 9.08. The van der Waals surface area contributed by atoms with E-state index in [0.29, 0.717) is 12.0 Å². The lowest BCUT2D eigenvalue weighted by Gasteiger charge is -2.16. The standard InChI is InChI=1S/C15H17F2NO/c1-3-18-15(12-4-10(2)19-9-12)7-11-5-13(16)8-14(17)6-11/h4-6,8-9,15,18H,3,7H2,1-2H3.